The van der Waals surface area contributed by atoms with E-state index in [0.29, 0.717) is 23.0 Å². The van der Waals surface area contributed by atoms with Crippen molar-refractivity contribution in [3.05, 3.63) is 40.5 Å². The van der Waals surface area contributed by atoms with E-state index in [0.717, 1.165) is 12.1 Å². The van der Waals surface area contributed by atoms with Crippen molar-refractivity contribution in [2.24, 2.45) is 0 Å². The van der Waals surface area contributed by atoms with E-state index >= 15 is 0 Å². The number of nitrogen functional groups attached to an aromatic ring is 1. The van der Waals surface area contributed by atoms with E-state index in [1.54, 1.807) is 12.1 Å². The van der Waals surface area contributed by atoms with Crippen molar-refractivity contribution in [2.75, 3.05) is 24.1 Å². The molecule has 0 atom stereocenters. The highest BCUT2D eigenvalue weighted by atomic mass is 32.1. The Bertz CT molecular complexity index is 612. The summed E-state index contributed by atoms with van der Waals surface area (Å²) in [6.07, 6.45) is 0.630. The van der Waals surface area contributed by atoms with Crippen molar-refractivity contribution >= 4 is 28.2 Å². The highest BCUT2D eigenvalue weighted by Gasteiger charge is 2.15. The molecule has 7 heteroatoms. The third-order valence-electron chi connectivity index (χ3n) is 2.80. The Morgan fingerprint density at radius 2 is 2.10 bits per heavy atom. The average Bonchev–Trinajstić information content (AvgIpc) is 2.82. The van der Waals surface area contributed by atoms with Gasteiger partial charge in [0.15, 0.2) is 5.13 Å². The quantitative estimate of drug-likeness (QED) is 0.765. The molecule has 2 rings (SSSR count). The van der Waals surface area contributed by atoms with Gasteiger partial charge in [-0.1, -0.05) is 23.5 Å². The summed E-state index contributed by atoms with van der Waals surface area (Å²) in [5.41, 5.74) is 6.69. The van der Waals surface area contributed by atoms with Crippen molar-refractivity contribution < 1.29 is 9.18 Å². The van der Waals surface area contributed by atoms with Gasteiger partial charge in [-0.3, -0.25) is 4.79 Å². The first-order chi connectivity index (χ1) is 10.1. The summed E-state index contributed by atoms with van der Waals surface area (Å²) in [6, 6.07) is 6.21. The number of nitrogens with two attached hydrogens (primary N) is 1. The van der Waals surface area contributed by atoms with Crippen LogP contribution in [-0.2, 0) is 6.42 Å². The molecule has 5 nitrogen and oxygen atoms in total. The van der Waals surface area contributed by atoms with Gasteiger partial charge in [0.25, 0.3) is 5.91 Å². The predicted molar refractivity (Wildman–Crippen MR) is 83.1 cm³/mol. The van der Waals surface area contributed by atoms with Crippen LogP contribution in [0.25, 0.3) is 0 Å². The lowest BCUT2D eigenvalue weighted by Gasteiger charge is -2.04. The number of anilines is 2. The highest BCUT2D eigenvalue weighted by Crippen LogP contribution is 2.24. The topological polar surface area (TPSA) is 80.0 Å². The molecule has 1 heterocycles. The van der Waals surface area contributed by atoms with Crippen molar-refractivity contribution in [3.63, 3.8) is 0 Å². The second-order valence-corrected chi connectivity index (χ2v) is 5.40. The fourth-order valence-electron chi connectivity index (χ4n) is 1.77. The number of rotatable bonds is 6. The third kappa shape index (κ3) is 4.16. The molecule has 0 fully saturated rings. The molecule has 2 aromatic rings. The fourth-order valence-corrected chi connectivity index (χ4v) is 2.64. The predicted octanol–water partition coefficient (Wildman–Crippen LogP) is 2.27. The van der Waals surface area contributed by atoms with E-state index in [1.165, 1.54) is 23.5 Å². The minimum absolute atomic E-state index is 0.232. The Morgan fingerprint density at radius 3 is 2.76 bits per heavy atom. The molecule has 0 radical (unpaired) electrons. The van der Waals surface area contributed by atoms with Crippen LogP contribution in [0.1, 0.15) is 22.2 Å². The van der Waals surface area contributed by atoms with Crippen LogP contribution in [0.3, 0.4) is 0 Å². The van der Waals surface area contributed by atoms with Crippen LogP contribution in [-0.4, -0.2) is 24.0 Å². The molecule has 0 saturated heterocycles. The minimum atomic E-state index is -0.267. The lowest BCUT2D eigenvalue weighted by Crippen LogP contribution is -2.25. The third-order valence-corrected chi connectivity index (χ3v) is 3.83. The van der Waals surface area contributed by atoms with Gasteiger partial charge >= 0.3 is 0 Å². The number of carbonyl (C=O) groups excluding carboxylic acids is 1. The van der Waals surface area contributed by atoms with E-state index in [-0.39, 0.29) is 17.5 Å². The summed E-state index contributed by atoms with van der Waals surface area (Å²) < 4.78 is 12.8. The van der Waals surface area contributed by atoms with E-state index in [9.17, 15) is 9.18 Å². The Hall–Kier alpha value is -2.15. The second kappa shape index (κ2) is 7.03. The lowest BCUT2D eigenvalue weighted by atomic mass is 10.1. The molecule has 0 aliphatic heterocycles. The molecular formula is C14H17FN4OS. The van der Waals surface area contributed by atoms with Gasteiger partial charge < -0.3 is 16.4 Å². The number of hydrogen-bond donors (Lipinski definition) is 3. The Balaban J connectivity index is 1.88. The number of benzene rings is 1. The first-order valence-electron chi connectivity index (χ1n) is 6.63. The zero-order chi connectivity index (χ0) is 15.2. The molecule has 1 aromatic carbocycles. The van der Waals surface area contributed by atoms with E-state index < -0.39 is 0 Å². The van der Waals surface area contributed by atoms with Crippen LogP contribution in [0.15, 0.2) is 24.3 Å². The van der Waals surface area contributed by atoms with Crippen LogP contribution in [0.4, 0.5) is 15.3 Å². The zero-order valence-electron chi connectivity index (χ0n) is 11.6. The maximum absolute atomic E-state index is 12.8. The first kappa shape index (κ1) is 15.2. The minimum Gasteiger partial charge on any atom is -0.382 e. The van der Waals surface area contributed by atoms with Crippen molar-refractivity contribution in [2.45, 2.75) is 13.3 Å². The molecule has 0 aliphatic rings. The normalized spacial score (nSPS) is 10.4. The molecule has 0 aliphatic carbocycles. The highest BCUT2D eigenvalue weighted by molar-refractivity contribution is 7.18. The smallest absolute Gasteiger partial charge is 0.265 e. The molecule has 0 saturated carbocycles. The summed E-state index contributed by atoms with van der Waals surface area (Å²) >= 11 is 1.23. The van der Waals surface area contributed by atoms with Crippen LogP contribution in [0, 0.1) is 5.82 Å². The Kier molecular flexibility index (Phi) is 5.10. The Morgan fingerprint density at radius 1 is 1.38 bits per heavy atom. The summed E-state index contributed by atoms with van der Waals surface area (Å²) in [7, 11) is 0. The molecule has 1 amide bonds. The monoisotopic (exact) mass is 308 g/mol. The summed E-state index contributed by atoms with van der Waals surface area (Å²) in [5, 5.41) is 6.45. The summed E-state index contributed by atoms with van der Waals surface area (Å²) in [6.45, 7) is 3.12. The van der Waals surface area contributed by atoms with Gasteiger partial charge in [0, 0.05) is 13.1 Å². The number of halogens is 1. The van der Waals surface area contributed by atoms with Crippen LogP contribution >= 0.6 is 11.3 Å². The standard InChI is InChI=1S/C14H17FN4OS/c1-2-17-14-19-12(16)11(21-14)13(20)18-8-7-9-3-5-10(15)6-4-9/h3-6H,2,7-8,16H2,1H3,(H,17,19)(H,18,20). The maximum Gasteiger partial charge on any atom is 0.265 e. The molecular weight excluding hydrogens is 291 g/mol. The fraction of sp³-hybridized carbons (Fsp3) is 0.286. The van der Waals surface area contributed by atoms with Gasteiger partial charge in [-0.25, -0.2) is 9.37 Å². The number of carbonyl (C=O) groups is 1. The lowest BCUT2D eigenvalue weighted by molar-refractivity contribution is 0.0959. The van der Waals surface area contributed by atoms with Crippen LogP contribution in [0.2, 0.25) is 0 Å². The number of amides is 1. The molecule has 0 spiro atoms. The van der Waals surface area contributed by atoms with Crippen LogP contribution < -0.4 is 16.4 Å². The van der Waals surface area contributed by atoms with Gasteiger partial charge in [-0.15, -0.1) is 0 Å². The van der Waals surface area contributed by atoms with Crippen molar-refractivity contribution in [1.82, 2.24) is 10.3 Å². The summed E-state index contributed by atoms with van der Waals surface area (Å²) in [5.74, 6) is -0.275. The average molecular weight is 308 g/mol. The number of hydrogen-bond acceptors (Lipinski definition) is 5. The maximum atomic E-state index is 12.8. The molecule has 0 unspecified atom stereocenters. The zero-order valence-corrected chi connectivity index (χ0v) is 12.5. The summed E-state index contributed by atoms with van der Waals surface area (Å²) in [4.78, 5) is 16.5. The van der Waals surface area contributed by atoms with Gasteiger partial charge in [0.05, 0.1) is 0 Å². The number of nitrogens with zero attached hydrogens (tertiary/aromatic N) is 1. The molecule has 112 valence electrons. The molecule has 4 N–H and O–H groups in total. The van der Waals surface area contributed by atoms with Crippen molar-refractivity contribution in [1.29, 1.82) is 0 Å². The SMILES string of the molecule is CCNc1nc(N)c(C(=O)NCCc2ccc(F)cc2)s1. The largest absolute Gasteiger partial charge is 0.382 e. The van der Waals surface area contributed by atoms with Gasteiger partial charge in [0.1, 0.15) is 16.5 Å². The molecule has 0 bridgehead atoms. The van der Waals surface area contributed by atoms with Crippen LogP contribution in [0.5, 0.6) is 0 Å². The van der Waals surface area contributed by atoms with Gasteiger partial charge in [0.2, 0.25) is 0 Å². The van der Waals surface area contributed by atoms with E-state index in [1.807, 2.05) is 6.92 Å². The number of aromatic nitrogens is 1. The Labute approximate surface area is 126 Å². The van der Waals surface area contributed by atoms with E-state index in [2.05, 4.69) is 15.6 Å². The first-order valence-corrected chi connectivity index (χ1v) is 7.44. The number of thiazole rings is 1. The van der Waals surface area contributed by atoms with Gasteiger partial charge in [-0.2, -0.15) is 0 Å². The van der Waals surface area contributed by atoms with Crippen molar-refractivity contribution in [3.8, 4) is 0 Å². The molecule has 1 aromatic heterocycles. The number of nitrogens with one attached hydrogen (secondary N) is 2. The molecule has 21 heavy (non-hydrogen) atoms. The second-order valence-electron chi connectivity index (χ2n) is 4.40. The van der Waals surface area contributed by atoms with Gasteiger partial charge in [-0.05, 0) is 31.0 Å². The van der Waals surface area contributed by atoms with E-state index in [4.69, 9.17) is 5.73 Å².